The lowest BCUT2D eigenvalue weighted by Gasteiger charge is -2.32. The molecule has 0 aliphatic heterocycles. The van der Waals surface area contributed by atoms with Crippen LogP contribution in [0, 0.1) is 5.92 Å². The molecule has 0 aliphatic rings. The first kappa shape index (κ1) is 14.4. The van der Waals surface area contributed by atoms with Crippen LogP contribution in [0.5, 0.6) is 0 Å². The van der Waals surface area contributed by atoms with E-state index in [1.54, 1.807) is 0 Å². The van der Waals surface area contributed by atoms with Gasteiger partial charge in [-0.25, -0.2) is 0 Å². The molecular formula is C12H24O3. The van der Waals surface area contributed by atoms with Crippen molar-refractivity contribution in [1.82, 2.24) is 0 Å². The predicted molar refractivity (Wildman–Crippen MR) is 60.6 cm³/mol. The summed E-state index contributed by atoms with van der Waals surface area (Å²) in [6, 6.07) is 0. The van der Waals surface area contributed by atoms with Crippen LogP contribution in [-0.2, 0) is 9.53 Å². The molecular weight excluding hydrogens is 192 g/mol. The van der Waals surface area contributed by atoms with E-state index < -0.39 is 5.60 Å². The maximum atomic E-state index is 11.6. The maximum absolute atomic E-state index is 11.6. The van der Waals surface area contributed by atoms with Crippen LogP contribution >= 0.6 is 0 Å². The molecule has 1 N–H and O–H groups in total. The van der Waals surface area contributed by atoms with E-state index >= 15 is 0 Å². The van der Waals surface area contributed by atoms with Crippen molar-refractivity contribution in [1.29, 1.82) is 0 Å². The molecule has 0 spiro atoms. The van der Waals surface area contributed by atoms with Crippen LogP contribution in [0.4, 0.5) is 0 Å². The highest BCUT2D eigenvalue weighted by Gasteiger charge is 2.38. The Morgan fingerprint density at radius 1 is 1.33 bits per heavy atom. The first-order chi connectivity index (χ1) is 7.05. The van der Waals surface area contributed by atoms with Gasteiger partial charge in [0.2, 0.25) is 0 Å². The van der Waals surface area contributed by atoms with Crippen molar-refractivity contribution < 1.29 is 14.6 Å². The van der Waals surface area contributed by atoms with Crippen LogP contribution in [0.15, 0.2) is 0 Å². The minimum Gasteiger partial charge on any atom is -0.469 e. The Labute approximate surface area is 92.8 Å². The van der Waals surface area contributed by atoms with E-state index in [0.29, 0.717) is 19.3 Å². The zero-order valence-corrected chi connectivity index (χ0v) is 10.4. The molecule has 0 rings (SSSR count). The summed E-state index contributed by atoms with van der Waals surface area (Å²) in [5.74, 6) is -0.660. The van der Waals surface area contributed by atoms with Gasteiger partial charge in [0.25, 0.3) is 0 Å². The van der Waals surface area contributed by atoms with Crippen molar-refractivity contribution in [2.24, 2.45) is 5.92 Å². The Hall–Kier alpha value is -0.570. The van der Waals surface area contributed by atoms with Crippen LogP contribution < -0.4 is 0 Å². The van der Waals surface area contributed by atoms with Crippen LogP contribution in [0.2, 0.25) is 0 Å². The smallest absolute Gasteiger partial charge is 0.311 e. The minimum atomic E-state index is -0.901. The summed E-state index contributed by atoms with van der Waals surface area (Å²) in [5, 5.41) is 10.3. The Morgan fingerprint density at radius 2 is 1.87 bits per heavy atom. The van der Waals surface area contributed by atoms with Gasteiger partial charge in [0.15, 0.2) is 0 Å². The van der Waals surface area contributed by atoms with Crippen molar-refractivity contribution in [2.75, 3.05) is 7.11 Å². The van der Waals surface area contributed by atoms with Gasteiger partial charge in [0.1, 0.15) is 0 Å². The Morgan fingerprint density at radius 3 is 2.20 bits per heavy atom. The number of carbonyl (C=O) groups excluding carboxylic acids is 1. The topological polar surface area (TPSA) is 46.5 Å². The van der Waals surface area contributed by atoms with Gasteiger partial charge in [-0.2, -0.15) is 0 Å². The molecule has 90 valence electrons. The molecule has 0 heterocycles. The molecule has 15 heavy (non-hydrogen) atoms. The molecule has 0 aromatic carbocycles. The quantitative estimate of drug-likeness (QED) is 0.665. The highest BCUT2D eigenvalue weighted by molar-refractivity contribution is 5.73. The fourth-order valence-corrected chi connectivity index (χ4v) is 1.90. The summed E-state index contributed by atoms with van der Waals surface area (Å²) in [5.41, 5.74) is -0.901. The molecule has 0 bridgehead atoms. The van der Waals surface area contributed by atoms with Gasteiger partial charge in [-0.1, -0.05) is 33.6 Å². The average Bonchev–Trinajstić information content (AvgIpc) is 2.28. The normalized spacial score (nSPS) is 13.7. The monoisotopic (exact) mass is 216 g/mol. The molecule has 0 aromatic rings. The summed E-state index contributed by atoms with van der Waals surface area (Å²) in [6.07, 6.45) is 3.86. The van der Waals surface area contributed by atoms with Crippen LogP contribution in [0.25, 0.3) is 0 Å². The van der Waals surface area contributed by atoms with Crippen molar-refractivity contribution in [3.63, 3.8) is 0 Å². The Balaban J connectivity index is 4.65. The lowest BCUT2D eigenvalue weighted by atomic mass is 9.80. The highest BCUT2D eigenvalue weighted by atomic mass is 16.5. The molecule has 3 nitrogen and oxygen atoms in total. The third-order valence-electron chi connectivity index (χ3n) is 3.21. The van der Waals surface area contributed by atoms with E-state index in [2.05, 4.69) is 6.92 Å². The standard InChI is InChI=1S/C12H24O3/c1-5-8-9-10(11(13)15-4)12(14,6-2)7-3/h10,14H,5-9H2,1-4H3. The summed E-state index contributed by atoms with van der Waals surface area (Å²) in [4.78, 5) is 11.6. The zero-order chi connectivity index (χ0) is 11.9. The van der Waals surface area contributed by atoms with Crippen molar-refractivity contribution >= 4 is 5.97 Å². The van der Waals surface area contributed by atoms with Crippen LogP contribution in [0.3, 0.4) is 0 Å². The van der Waals surface area contributed by atoms with Crippen molar-refractivity contribution in [3.8, 4) is 0 Å². The molecule has 1 atom stereocenters. The summed E-state index contributed by atoms with van der Waals surface area (Å²) in [6.45, 7) is 5.89. The van der Waals surface area contributed by atoms with Gasteiger partial charge in [-0.3, -0.25) is 4.79 Å². The second kappa shape index (κ2) is 6.83. The number of aliphatic hydroxyl groups is 1. The number of hydrogen-bond donors (Lipinski definition) is 1. The average molecular weight is 216 g/mol. The predicted octanol–water partition coefficient (Wildman–Crippen LogP) is 2.52. The molecule has 3 heteroatoms. The fraction of sp³-hybridized carbons (Fsp3) is 0.917. The number of ether oxygens (including phenoxy) is 1. The van der Waals surface area contributed by atoms with Crippen molar-refractivity contribution in [3.05, 3.63) is 0 Å². The van der Waals surface area contributed by atoms with Gasteiger partial charge in [-0.15, -0.1) is 0 Å². The molecule has 1 unspecified atom stereocenters. The van der Waals surface area contributed by atoms with Gasteiger partial charge in [0.05, 0.1) is 18.6 Å². The summed E-state index contributed by atoms with van der Waals surface area (Å²) in [7, 11) is 1.38. The van der Waals surface area contributed by atoms with E-state index in [1.165, 1.54) is 7.11 Å². The number of rotatable bonds is 7. The number of esters is 1. The number of hydrogen-bond acceptors (Lipinski definition) is 3. The summed E-state index contributed by atoms with van der Waals surface area (Å²) < 4.78 is 4.76. The third kappa shape index (κ3) is 3.82. The molecule has 0 radical (unpaired) electrons. The first-order valence-electron chi connectivity index (χ1n) is 5.85. The van der Waals surface area contributed by atoms with Gasteiger partial charge < -0.3 is 9.84 Å². The van der Waals surface area contributed by atoms with Crippen LogP contribution in [0.1, 0.15) is 52.9 Å². The molecule has 0 saturated heterocycles. The fourth-order valence-electron chi connectivity index (χ4n) is 1.90. The molecule has 0 saturated carbocycles. The second-order valence-corrected chi connectivity index (χ2v) is 4.03. The molecule has 0 amide bonds. The Kier molecular flexibility index (Phi) is 6.57. The van der Waals surface area contributed by atoms with E-state index in [4.69, 9.17) is 4.74 Å². The number of carbonyl (C=O) groups is 1. The van der Waals surface area contributed by atoms with Gasteiger partial charge in [-0.05, 0) is 19.3 Å². The van der Waals surface area contributed by atoms with E-state index in [1.807, 2.05) is 13.8 Å². The van der Waals surface area contributed by atoms with Gasteiger partial charge in [0, 0.05) is 0 Å². The van der Waals surface area contributed by atoms with Crippen molar-refractivity contribution in [2.45, 2.75) is 58.5 Å². The second-order valence-electron chi connectivity index (χ2n) is 4.03. The summed E-state index contributed by atoms with van der Waals surface area (Å²) >= 11 is 0. The number of methoxy groups -OCH3 is 1. The van der Waals surface area contributed by atoms with Gasteiger partial charge >= 0.3 is 5.97 Å². The van der Waals surface area contributed by atoms with E-state index in [9.17, 15) is 9.90 Å². The molecule has 0 aromatic heterocycles. The van der Waals surface area contributed by atoms with E-state index in [-0.39, 0.29) is 11.9 Å². The zero-order valence-electron chi connectivity index (χ0n) is 10.4. The lowest BCUT2D eigenvalue weighted by molar-refractivity contribution is -0.157. The third-order valence-corrected chi connectivity index (χ3v) is 3.21. The minimum absolute atomic E-state index is 0.283. The largest absolute Gasteiger partial charge is 0.469 e. The van der Waals surface area contributed by atoms with Crippen LogP contribution in [-0.4, -0.2) is 23.8 Å². The maximum Gasteiger partial charge on any atom is 0.311 e. The number of unbranched alkanes of at least 4 members (excludes halogenated alkanes) is 1. The molecule has 0 fully saturated rings. The lowest BCUT2D eigenvalue weighted by Crippen LogP contribution is -2.42. The SMILES string of the molecule is CCCCC(C(=O)OC)C(O)(CC)CC. The molecule has 0 aliphatic carbocycles. The Bertz CT molecular complexity index is 185. The first-order valence-corrected chi connectivity index (χ1v) is 5.85. The van der Waals surface area contributed by atoms with E-state index in [0.717, 1.165) is 12.8 Å². The highest BCUT2D eigenvalue weighted by Crippen LogP contribution is 2.30.